The highest BCUT2D eigenvalue weighted by atomic mass is 32.2. The largest absolute Gasteiger partial charge is 0.277 e. The summed E-state index contributed by atoms with van der Waals surface area (Å²) in [5.74, 6) is 1.40. The molecule has 28 heavy (non-hydrogen) atoms. The molecule has 6 rings (SSSR count). The first kappa shape index (κ1) is 18.3. The van der Waals surface area contributed by atoms with Crippen molar-refractivity contribution in [3.63, 3.8) is 0 Å². The van der Waals surface area contributed by atoms with Gasteiger partial charge in [-0.3, -0.25) is 14.5 Å². The first-order valence-corrected chi connectivity index (χ1v) is 11.7. The van der Waals surface area contributed by atoms with Crippen LogP contribution in [0.1, 0.15) is 66.2 Å². The van der Waals surface area contributed by atoms with Gasteiger partial charge >= 0.3 is 0 Å². The van der Waals surface area contributed by atoms with E-state index in [-0.39, 0.29) is 33.4 Å². The number of imide groups is 1. The molecule has 0 spiro atoms. The normalized spacial score (nSPS) is 34.8. The molecule has 4 bridgehead atoms. The van der Waals surface area contributed by atoms with E-state index in [1.807, 2.05) is 6.92 Å². The molecule has 150 valence electrons. The minimum absolute atomic E-state index is 0.0549. The Kier molecular flexibility index (Phi) is 3.85. The van der Waals surface area contributed by atoms with Crippen molar-refractivity contribution in [2.45, 2.75) is 56.4 Å². The lowest BCUT2D eigenvalue weighted by molar-refractivity contribution is -0.0666. The molecule has 2 amide bonds. The van der Waals surface area contributed by atoms with Crippen LogP contribution in [0.3, 0.4) is 0 Å². The molecule has 6 nitrogen and oxygen atoms in total. The van der Waals surface area contributed by atoms with Gasteiger partial charge in [-0.25, -0.2) is 13.1 Å². The van der Waals surface area contributed by atoms with Crippen LogP contribution >= 0.6 is 0 Å². The molecule has 1 unspecified atom stereocenters. The summed E-state index contributed by atoms with van der Waals surface area (Å²) < 4.78 is 29.1. The molecule has 0 saturated heterocycles. The van der Waals surface area contributed by atoms with Crippen molar-refractivity contribution >= 4 is 21.8 Å². The SMILES string of the molecule is CC(NS(=O)(=O)c1ccc2c(c1)C(=O)N(C)C2=O)C12CC3CC(CC(C3)C1)C2. The van der Waals surface area contributed by atoms with E-state index in [1.165, 1.54) is 44.5 Å². The number of fused-ring (bicyclic) bond motifs is 1. The van der Waals surface area contributed by atoms with Crippen molar-refractivity contribution in [1.29, 1.82) is 0 Å². The molecule has 1 atom stereocenters. The molecule has 0 radical (unpaired) electrons. The van der Waals surface area contributed by atoms with Gasteiger partial charge in [0, 0.05) is 13.1 Å². The number of benzene rings is 1. The van der Waals surface area contributed by atoms with E-state index in [9.17, 15) is 18.0 Å². The number of carbonyl (C=O) groups excluding carboxylic acids is 2. The topological polar surface area (TPSA) is 83.6 Å². The summed E-state index contributed by atoms with van der Waals surface area (Å²) >= 11 is 0. The Morgan fingerprint density at radius 1 is 1.00 bits per heavy atom. The monoisotopic (exact) mass is 402 g/mol. The van der Waals surface area contributed by atoms with Crippen LogP contribution in [0.5, 0.6) is 0 Å². The van der Waals surface area contributed by atoms with Gasteiger partial charge in [0.2, 0.25) is 10.0 Å². The fraction of sp³-hybridized carbons (Fsp3) is 0.619. The van der Waals surface area contributed by atoms with Crippen LogP contribution in [-0.4, -0.2) is 38.2 Å². The number of hydrogen-bond donors (Lipinski definition) is 1. The first-order chi connectivity index (χ1) is 13.2. The summed E-state index contributed by atoms with van der Waals surface area (Å²) in [4.78, 5) is 25.3. The molecule has 1 N–H and O–H groups in total. The number of carbonyl (C=O) groups is 2. The molecule has 7 heteroatoms. The molecular formula is C21H26N2O4S. The van der Waals surface area contributed by atoms with E-state index in [1.54, 1.807) is 0 Å². The summed E-state index contributed by atoms with van der Waals surface area (Å²) in [5, 5.41) is 0. The van der Waals surface area contributed by atoms with Crippen molar-refractivity contribution in [3.05, 3.63) is 29.3 Å². The molecule has 0 aromatic heterocycles. The van der Waals surface area contributed by atoms with Gasteiger partial charge in [-0.1, -0.05) is 0 Å². The third-order valence-electron chi connectivity index (χ3n) is 7.71. The Bertz CT molecular complexity index is 949. The number of nitrogens with zero attached hydrogens (tertiary/aromatic N) is 1. The van der Waals surface area contributed by atoms with E-state index >= 15 is 0 Å². The maximum absolute atomic E-state index is 13.1. The maximum Gasteiger partial charge on any atom is 0.261 e. The van der Waals surface area contributed by atoms with Crippen molar-refractivity contribution in [2.24, 2.45) is 23.2 Å². The molecule has 1 aromatic carbocycles. The number of rotatable bonds is 4. The molecule has 5 aliphatic rings. The lowest BCUT2D eigenvalue weighted by Gasteiger charge is -2.59. The number of sulfonamides is 1. The Balaban J connectivity index is 1.41. The first-order valence-electron chi connectivity index (χ1n) is 10.2. The van der Waals surface area contributed by atoms with Crippen LogP contribution in [0.4, 0.5) is 0 Å². The average Bonchev–Trinajstić information content (AvgIpc) is 2.84. The van der Waals surface area contributed by atoms with Gasteiger partial charge in [-0.15, -0.1) is 0 Å². The second kappa shape index (κ2) is 5.89. The molecule has 4 aliphatic carbocycles. The summed E-state index contributed by atoms with van der Waals surface area (Å²) in [6, 6.07) is 4.08. The number of amides is 2. The fourth-order valence-electron chi connectivity index (χ4n) is 6.64. The van der Waals surface area contributed by atoms with Crippen LogP contribution in [0.15, 0.2) is 23.1 Å². The zero-order valence-corrected chi connectivity index (χ0v) is 17.1. The third-order valence-corrected chi connectivity index (χ3v) is 9.25. The van der Waals surface area contributed by atoms with Crippen molar-refractivity contribution in [1.82, 2.24) is 9.62 Å². The minimum Gasteiger partial charge on any atom is -0.277 e. The van der Waals surface area contributed by atoms with E-state index in [4.69, 9.17) is 0 Å². The van der Waals surface area contributed by atoms with Gasteiger partial charge in [0.15, 0.2) is 0 Å². The Labute approximate surface area is 165 Å². The summed E-state index contributed by atoms with van der Waals surface area (Å²) in [5.41, 5.74) is 0.489. The number of hydrogen-bond acceptors (Lipinski definition) is 4. The minimum atomic E-state index is -3.77. The van der Waals surface area contributed by atoms with Gasteiger partial charge < -0.3 is 0 Å². The highest BCUT2D eigenvalue weighted by molar-refractivity contribution is 7.89. The average molecular weight is 403 g/mol. The molecule has 4 saturated carbocycles. The van der Waals surface area contributed by atoms with Gasteiger partial charge in [0.25, 0.3) is 11.8 Å². The van der Waals surface area contributed by atoms with Crippen LogP contribution in [-0.2, 0) is 10.0 Å². The molecule has 1 aliphatic heterocycles. The van der Waals surface area contributed by atoms with Gasteiger partial charge in [-0.2, -0.15) is 0 Å². The molecule has 4 fully saturated rings. The summed E-state index contributed by atoms with van der Waals surface area (Å²) in [6.07, 6.45) is 7.29. The zero-order chi connectivity index (χ0) is 19.8. The zero-order valence-electron chi connectivity index (χ0n) is 16.3. The van der Waals surface area contributed by atoms with Crippen LogP contribution in [0.25, 0.3) is 0 Å². The Morgan fingerprint density at radius 3 is 2.11 bits per heavy atom. The second-order valence-corrected chi connectivity index (χ2v) is 11.2. The van der Waals surface area contributed by atoms with Crippen molar-refractivity contribution in [3.8, 4) is 0 Å². The molecule has 1 aromatic rings. The van der Waals surface area contributed by atoms with Crippen LogP contribution in [0, 0.1) is 23.2 Å². The third kappa shape index (κ3) is 2.59. The Hall–Kier alpha value is -1.73. The van der Waals surface area contributed by atoms with E-state index in [0.29, 0.717) is 0 Å². The van der Waals surface area contributed by atoms with Crippen molar-refractivity contribution in [2.75, 3.05) is 7.05 Å². The number of nitrogens with one attached hydrogen (secondary N) is 1. The van der Waals surface area contributed by atoms with E-state index in [2.05, 4.69) is 4.72 Å². The highest BCUT2D eigenvalue weighted by Gasteiger charge is 2.53. The highest BCUT2D eigenvalue weighted by Crippen LogP contribution is 2.61. The quantitative estimate of drug-likeness (QED) is 0.785. The van der Waals surface area contributed by atoms with Crippen molar-refractivity contribution < 1.29 is 18.0 Å². The second-order valence-electron chi connectivity index (χ2n) is 9.50. The van der Waals surface area contributed by atoms with E-state index in [0.717, 1.165) is 41.9 Å². The smallest absolute Gasteiger partial charge is 0.261 e. The van der Waals surface area contributed by atoms with Gasteiger partial charge in [0.05, 0.1) is 16.0 Å². The van der Waals surface area contributed by atoms with E-state index < -0.39 is 15.9 Å². The maximum atomic E-state index is 13.1. The predicted molar refractivity (Wildman–Crippen MR) is 103 cm³/mol. The van der Waals surface area contributed by atoms with Gasteiger partial charge in [0.1, 0.15) is 0 Å². The predicted octanol–water partition coefficient (Wildman–Crippen LogP) is 2.80. The van der Waals surface area contributed by atoms with Crippen LogP contribution < -0.4 is 4.72 Å². The lowest BCUT2D eigenvalue weighted by Crippen LogP contribution is -2.55. The molecular weight excluding hydrogens is 376 g/mol. The standard InChI is InChI=1S/C21H26N2O4S/c1-12(21-9-13-5-14(10-21)7-15(6-13)11-21)22-28(26,27)16-3-4-17-18(8-16)20(25)23(2)19(17)24/h3-4,8,12-15,22H,5-7,9-11H2,1-2H3. The van der Waals surface area contributed by atoms with Gasteiger partial charge in [-0.05, 0) is 86.8 Å². The summed E-state index contributed by atoms with van der Waals surface area (Å²) in [7, 11) is -2.36. The molecule has 1 heterocycles. The summed E-state index contributed by atoms with van der Waals surface area (Å²) in [6.45, 7) is 2.00. The Morgan fingerprint density at radius 2 is 1.54 bits per heavy atom. The lowest BCUT2D eigenvalue weighted by atomic mass is 9.48. The fourth-order valence-corrected chi connectivity index (χ4v) is 8.01. The van der Waals surface area contributed by atoms with Crippen LogP contribution in [0.2, 0.25) is 0 Å².